The standard InChI is InChI=1S/C14H24N4O5S/c1-2-23-14(20)11-12(15)16(17-10(19)7-24-13(11)17)8-3-5-9(6-4-8)18(21)22/h8-9,11-13,18,21H,2-7,15H2,1H3/p+1. The Hall–Kier alpha value is -0.750. The predicted octanol–water partition coefficient (Wildman–Crippen LogP) is -2.75. The van der Waals surface area contributed by atoms with Crippen molar-refractivity contribution in [2.45, 2.75) is 56.2 Å². The van der Waals surface area contributed by atoms with E-state index < -0.39 is 17.3 Å². The van der Waals surface area contributed by atoms with Gasteiger partial charge in [0.05, 0.1) is 12.6 Å². The number of nitrogens with zero attached hydrogens (tertiary/aromatic N) is 1. The highest BCUT2D eigenvalue weighted by atomic mass is 32.2. The highest BCUT2D eigenvalue weighted by molar-refractivity contribution is 8.00. The van der Waals surface area contributed by atoms with Crippen LogP contribution in [0.5, 0.6) is 0 Å². The molecule has 0 aromatic rings. The molecule has 24 heavy (non-hydrogen) atoms. The molecule has 1 amide bonds. The molecule has 10 heteroatoms. The Morgan fingerprint density at radius 3 is 2.75 bits per heavy atom. The number of rotatable bonds is 4. The van der Waals surface area contributed by atoms with E-state index in [4.69, 9.17) is 15.7 Å². The first kappa shape index (κ1) is 18.1. The maximum Gasteiger partial charge on any atom is 0.342 e. The minimum atomic E-state index is -0.762. The summed E-state index contributed by atoms with van der Waals surface area (Å²) in [4.78, 5) is 24.7. The van der Waals surface area contributed by atoms with E-state index in [-0.39, 0.29) is 35.9 Å². The van der Waals surface area contributed by atoms with Gasteiger partial charge in [-0.25, -0.2) is 15.2 Å². The van der Waals surface area contributed by atoms with Crippen LogP contribution < -0.4 is 16.0 Å². The third kappa shape index (κ3) is 3.07. The van der Waals surface area contributed by atoms with Crippen LogP contribution in [-0.4, -0.2) is 58.1 Å². The fourth-order valence-electron chi connectivity index (χ4n) is 4.10. The first-order chi connectivity index (χ1) is 11.5. The lowest BCUT2D eigenvalue weighted by Gasteiger charge is -2.37. The van der Waals surface area contributed by atoms with E-state index in [1.165, 1.54) is 11.8 Å². The Balaban J connectivity index is 1.77. The molecular weight excluding hydrogens is 336 g/mol. The maximum absolute atomic E-state index is 12.4. The Kier molecular flexibility index (Phi) is 5.45. The van der Waals surface area contributed by atoms with Gasteiger partial charge >= 0.3 is 11.9 Å². The molecule has 2 aliphatic heterocycles. The molecule has 1 saturated carbocycles. The molecule has 0 spiro atoms. The molecule has 3 fully saturated rings. The van der Waals surface area contributed by atoms with Crippen LogP contribution in [0.25, 0.3) is 0 Å². The maximum atomic E-state index is 12.4. The van der Waals surface area contributed by atoms with Gasteiger partial charge in [-0.1, -0.05) is 11.8 Å². The second-order valence-electron chi connectivity index (χ2n) is 6.56. The number of quaternary nitrogens is 2. The normalized spacial score (nSPS) is 41.2. The first-order valence-electron chi connectivity index (χ1n) is 8.40. The summed E-state index contributed by atoms with van der Waals surface area (Å²) in [6, 6.07) is -0.300. The zero-order chi connectivity index (χ0) is 17.4. The van der Waals surface area contributed by atoms with Crippen molar-refractivity contribution in [3.8, 4) is 0 Å². The van der Waals surface area contributed by atoms with Gasteiger partial charge in [-0.2, -0.15) is 5.01 Å². The molecular formula is C14H25N4O5S+. The molecule has 136 valence electrons. The molecule has 3 aliphatic rings. The van der Waals surface area contributed by atoms with E-state index >= 15 is 0 Å². The fraction of sp³-hybridized carbons (Fsp3) is 0.857. The van der Waals surface area contributed by atoms with Crippen LogP contribution >= 0.6 is 11.8 Å². The van der Waals surface area contributed by atoms with Crippen molar-refractivity contribution in [2.75, 3.05) is 12.4 Å². The number of fused-ring (bicyclic) bond motifs is 1. The molecule has 0 aromatic heterocycles. The molecule has 2 saturated heterocycles. The van der Waals surface area contributed by atoms with Gasteiger partial charge in [-0.3, -0.25) is 4.79 Å². The smallest absolute Gasteiger partial charge is 0.342 e. The van der Waals surface area contributed by atoms with Gasteiger partial charge in [0, 0.05) is 12.8 Å². The number of nitrogens with one attached hydrogen (secondary N) is 2. The lowest BCUT2D eigenvalue weighted by molar-refractivity contribution is -1.07. The van der Waals surface area contributed by atoms with E-state index in [9.17, 15) is 14.8 Å². The Labute approximate surface area is 144 Å². The Bertz CT molecular complexity index is 500. The van der Waals surface area contributed by atoms with Crippen LogP contribution in [0.2, 0.25) is 0 Å². The highest BCUT2D eigenvalue weighted by Gasteiger charge is 2.62. The number of ether oxygens (including phenoxy) is 1. The summed E-state index contributed by atoms with van der Waals surface area (Å²) < 4.78 is 5.16. The lowest BCUT2D eigenvalue weighted by atomic mass is 9.90. The van der Waals surface area contributed by atoms with Crippen molar-refractivity contribution < 1.29 is 29.8 Å². The molecule has 0 aromatic carbocycles. The summed E-state index contributed by atoms with van der Waals surface area (Å²) in [5.41, 5.74) is 6.35. The highest BCUT2D eigenvalue weighted by Crippen LogP contribution is 2.32. The number of hydrogen-bond donors (Lipinski definition) is 4. The lowest BCUT2D eigenvalue weighted by Crippen LogP contribution is -3.21. The average molecular weight is 361 g/mol. The number of amides is 1. The van der Waals surface area contributed by atoms with Crippen molar-refractivity contribution in [1.29, 1.82) is 0 Å². The number of nitrogens with two attached hydrogens (primary N) is 1. The number of carbonyl (C=O) groups excluding carboxylic acids is 2. The van der Waals surface area contributed by atoms with Crippen molar-refractivity contribution in [1.82, 2.24) is 5.01 Å². The average Bonchev–Trinajstić information content (AvgIpc) is 3.05. The van der Waals surface area contributed by atoms with Crippen LogP contribution in [0.15, 0.2) is 0 Å². The van der Waals surface area contributed by atoms with Gasteiger partial charge in [0.15, 0.2) is 11.3 Å². The minimum Gasteiger partial charge on any atom is -0.600 e. The molecule has 1 aliphatic carbocycles. The summed E-state index contributed by atoms with van der Waals surface area (Å²) in [7, 11) is 0. The van der Waals surface area contributed by atoms with Gasteiger partial charge in [-0.05, 0) is 19.8 Å². The summed E-state index contributed by atoms with van der Waals surface area (Å²) in [6.45, 7) is 2.04. The van der Waals surface area contributed by atoms with Gasteiger partial charge in [0.25, 0.3) is 0 Å². The quantitative estimate of drug-likeness (QED) is 0.314. The molecule has 2 heterocycles. The third-order valence-corrected chi connectivity index (χ3v) is 6.55. The minimum absolute atomic E-state index is 0.0233. The van der Waals surface area contributed by atoms with Crippen molar-refractivity contribution in [3.63, 3.8) is 0 Å². The molecule has 5 unspecified atom stereocenters. The van der Waals surface area contributed by atoms with Crippen LogP contribution in [-0.2, 0) is 14.3 Å². The molecule has 9 nitrogen and oxygen atoms in total. The van der Waals surface area contributed by atoms with Crippen molar-refractivity contribution >= 4 is 23.6 Å². The summed E-state index contributed by atoms with van der Waals surface area (Å²) in [6.07, 6.45) is 1.93. The third-order valence-electron chi connectivity index (χ3n) is 5.24. The van der Waals surface area contributed by atoms with E-state index in [0.717, 1.165) is 0 Å². The molecule has 5 N–H and O–H groups in total. The fourth-order valence-corrected chi connectivity index (χ4v) is 5.47. The molecule has 0 bridgehead atoms. The SMILES string of the molecule is CCOC(=O)C1C(N)N(C2CCC([NH+]([O-])O)CC2)[NH+]2C(=O)CSC12. The summed E-state index contributed by atoms with van der Waals surface area (Å²) >= 11 is 1.46. The molecule has 0 radical (unpaired) electrons. The zero-order valence-corrected chi connectivity index (χ0v) is 14.5. The largest absolute Gasteiger partial charge is 0.600 e. The second-order valence-corrected chi connectivity index (χ2v) is 7.69. The van der Waals surface area contributed by atoms with Crippen LogP contribution in [0.3, 0.4) is 0 Å². The van der Waals surface area contributed by atoms with Crippen LogP contribution in [0, 0.1) is 11.1 Å². The van der Waals surface area contributed by atoms with Gasteiger partial charge < -0.3 is 15.7 Å². The number of esters is 1. The van der Waals surface area contributed by atoms with E-state index in [1.54, 1.807) is 6.92 Å². The summed E-state index contributed by atoms with van der Waals surface area (Å²) in [5, 5.41) is 21.8. The van der Waals surface area contributed by atoms with Crippen molar-refractivity contribution in [3.05, 3.63) is 5.21 Å². The van der Waals surface area contributed by atoms with Gasteiger partial charge in [0.1, 0.15) is 18.0 Å². The predicted molar refractivity (Wildman–Crippen MR) is 84.3 cm³/mol. The summed E-state index contributed by atoms with van der Waals surface area (Å²) in [5.74, 6) is -0.485. The van der Waals surface area contributed by atoms with E-state index in [1.807, 2.05) is 5.01 Å². The zero-order valence-electron chi connectivity index (χ0n) is 13.6. The van der Waals surface area contributed by atoms with Crippen LogP contribution in [0.1, 0.15) is 32.6 Å². The topological polar surface area (TPSA) is 125 Å². The number of hydroxylamine groups is 2. The van der Waals surface area contributed by atoms with Crippen molar-refractivity contribution in [2.24, 2.45) is 11.7 Å². The first-order valence-corrected chi connectivity index (χ1v) is 9.45. The number of thioether (sulfide) groups is 1. The molecule has 3 rings (SSSR count). The molecule has 5 atom stereocenters. The second kappa shape index (κ2) is 7.24. The Morgan fingerprint density at radius 1 is 1.50 bits per heavy atom. The Morgan fingerprint density at radius 2 is 2.17 bits per heavy atom. The van der Waals surface area contributed by atoms with Gasteiger partial charge in [-0.15, -0.1) is 5.01 Å². The van der Waals surface area contributed by atoms with E-state index in [2.05, 4.69) is 0 Å². The monoisotopic (exact) mass is 361 g/mol. The number of carbonyl (C=O) groups is 2. The van der Waals surface area contributed by atoms with E-state index in [0.29, 0.717) is 36.4 Å². The van der Waals surface area contributed by atoms with Gasteiger partial charge in [0.2, 0.25) is 0 Å². The van der Waals surface area contributed by atoms with Crippen LogP contribution in [0.4, 0.5) is 0 Å². The number of hydrogen-bond acceptors (Lipinski definition) is 8.